The van der Waals surface area contributed by atoms with Crippen LogP contribution in [0.5, 0.6) is 0 Å². The highest BCUT2D eigenvalue weighted by molar-refractivity contribution is 5.93. The van der Waals surface area contributed by atoms with Crippen LogP contribution in [0.2, 0.25) is 0 Å². The maximum Gasteiger partial charge on any atom is 0.328 e. The van der Waals surface area contributed by atoms with Gasteiger partial charge in [-0.25, -0.2) is 4.79 Å². The number of aliphatic carboxylic acids is 1. The molecule has 0 heterocycles. The number of nitrogens with two attached hydrogens (primary N) is 1. The Kier molecular flexibility index (Phi) is 7.31. The third-order valence-electron chi connectivity index (χ3n) is 3.30. The highest BCUT2D eigenvalue weighted by Crippen LogP contribution is 2.11. The van der Waals surface area contributed by atoms with Crippen LogP contribution in [0, 0.1) is 5.92 Å². The maximum atomic E-state index is 12.2. The van der Waals surface area contributed by atoms with Crippen molar-refractivity contribution < 1.29 is 24.6 Å². The summed E-state index contributed by atoms with van der Waals surface area (Å²) in [5.74, 6) is -2.66. The van der Waals surface area contributed by atoms with E-state index in [1.54, 1.807) is 6.92 Å². The molecule has 0 aromatic rings. The molecule has 0 radical (unpaired) electrons. The second kappa shape index (κ2) is 7.94. The van der Waals surface area contributed by atoms with Crippen LogP contribution in [-0.4, -0.2) is 52.2 Å². The van der Waals surface area contributed by atoms with E-state index in [4.69, 9.17) is 15.9 Å². The molecule has 8 nitrogen and oxygen atoms in total. The number of hydrogen-bond acceptors (Lipinski definition) is 5. The first kappa shape index (κ1) is 19.3. The van der Waals surface area contributed by atoms with Crippen molar-refractivity contribution in [2.45, 2.75) is 51.7 Å². The molecule has 8 heteroatoms. The lowest BCUT2D eigenvalue weighted by Crippen LogP contribution is -2.59. The van der Waals surface area contributed by atoms with Crippen LogP contribution >= 0.6 is 0 Å². The zero-order valence-corrected chi connectivity index (χ0v) is 12.8. The summed E-state index contributed by atoms with van der Waals surface area (Å²) < 4.78 is 0. The number of carboxylic acid groups (broad SMARTS) is 1. The zero-order chi connectivity index (χ0) is 16.8. The van der Waals surface area contributed by atoms with Gasteiger partial charge in [-0.2, -0.15) is 0 Å². The highest BCUT2D eigenvalue weighted by atomic mass is 16.4. The molecule has 0 aliphatic carbocycles. The second-order valence-electron chi connectivity index (χ2n) is 5.58. The van der Waals surface area contributed by atoms with E-state index in [1.807, 2.05) is 6.92 Å². The number of amides is 2. The minimum Gasteiger partial charge on any atom is -0.480 e. The average molecular weight is 303 g/mol. The molecule has 0 bridgehead atoms. The molecule has 122 valence electrons. The Labute approximate surface area is 124 Å². The minimum atomic E-state index is -1.45. The molecule has 0 saturated carbocycles. The van der Waals surface area contributed by atoms with Gasteiger partial charge in [0, 0.05) is 0 Å². The normalized spacial score (nSPS) is 15.7. The van der Waals surface area contributed by atoms with E-state index < -0.39 is 42.0 Å². The van der Waals surface area contributed by atoms with Crippen LogP contribution in [0.3, 0.4) is 0 Å². The van der Waals surface area contributed by atoms with Gasteiger partial charge in [0.15, 0.2) is 0 Å². The molecule has 0 rings (SSSR count). The van der Waals surface area contributed by atoms with Gasteiger partial charge in [-0.1, -0.05) is 20.3 Å². The molecular weight excluding hydrogens is 278 g/mol. The Morgan fingerprint density at radius 2 is 1.76 bits per heavy atom. The van der Waals surface area contributed by atoms with Gasteiger partial charge < -0.3 is 26.6 Å². The van der Waals surface area contributed by atoms with Crippen LogP contribution in [-0.2, 0) is 14.4 Å². The SMILES string of the molecule is CC[C@H](C)[C@H](NC(=O)[C@@H](N)CO)C(=O)NC(C)(C)C(=O)O. The minimum absolute atomic E-state index is 0.218. The molecule has 0 aliphatic rings. The lowest BCUT2D eigenvalue weighted by Gasteiger charge is -2.29. The standard InChI is InChI=1S/C13H25N3O5/c1-5-7(2)9(15-10(18)8(14)6-17)11(19)16-13(3,4)12(20)21/h7-9,17H,5-6,14H2,1-4H3,(H,15,18)(H,16,19)(H,20,21)/t7-,8-,9-/m0/s1. The van der Waals surface area contributed by atoms with E-state index in [2.05, 4.69) is 10.6 Å². The lowest BCUT2D eigenvalue weighted by molar-refractivity contribution is -0.146. The summed E-state index contributed by atoms with van der Waals surface area (Å²) in [6.45, 7) is 5.75. The molecule has 0 saturated heterocycles. The van der Waals surface area contributed by atoms with E-state index in [0.29, 0.717) is 6.42 Å². The van der Waals surface area contributed by atoms with Crippen LogP contribution < -0.4 is 16.4 Å². The van der Waals surface area contributed by atoms with Crippen molar-refractivity contribution in [1.29, 1.82) is 0 Å². The number of nitrogens with one attached hydrogen (secondary N) is 2. The van der Waals surface area contributed by atoms with Crippen molar-refractivity contribution in [3.8, 4) is 0 Å². The van der Waals surface area contributed by atoms with Crippen molar-refractivity contribution in [3.63, 3.8) is 0 Å². The molecule has 3 atom stereocenters. The fraction of sp³-hybridized carbons (Fsp3) is 0.769. The highest BCUT2D eigenvalue weighted by Gasteiger charge is 2.34. The van der Waals surface area contributed by atoms with Gasteiger partial charge in [0.2, 0.25) is 11.8 Å². The Morgan fingerprint density at radius 3 is 2.14 bits per heavy atom. The van der Waals surface area contributed by atoms with Gasteiger partial charge in [-0.3, -0.25) is 9.59 Å². The summed E-state index contributed by atoms with van der Waals surface area (Å²) in [5, 5.41) is 22.7. The predicted octanol–water partition coefficient (Wildman–Crippen LogP) is -1.18. The van der Waals surface area contributed by atoms with Gasteiger partial charge in [-0.05, 0) is 19.8 Å². The maximum absolute atomic E-state index is 12.2. The van der Waals surface area contributed by atoms with E-state index >= 15 is 0 Å². The Balaban J connectivity index is 5.04. The second-order valence-corrected chi connectivity index (χ2v) is 5.58. The Morgan fingerprint density at radius 1 is 1.24 bits per heavy atom. The molecule has 0 fully saturated rings. The van der Waals surface area contributed by atoms with Crippen molar-refractivity contribution >= 4 is 17.8 Å². The number of rotatable bonds is 8. The predicted molar refractivity (Wildman–Crippen MR) is 76.3 cm³/mol. The monoisotopic (exact) mass is 303 g/mol. The molecule has 0 spiro atoms. The van der Waals surface area contributed by atoms with Crippen molar-refractivity contribution in [1.82, 2.24) is 10.6 Å². The molecule has 0 aliphatic heterocycles. The van der Waals surface area contributed by atoms with Gasteiger partial charge in [0.05, 0.1) is 6.61 Å². The first-order valence-electron chi connectivity index (χ1n) is 6.79. The first-order valence-corrected chi connectivity index (χ1v) is 6.79. The van der Waals surface area contributed by atoms with E-state index in [0.717, 1.165) is 0 Å². The molecule has 0 aromatic heterocycles. The van der Waals surface area contributed by atoms with Gasteiger partial charge in [0.1, 0.15) is 17.6 Å². The van der Waals surface area contributed by atoms with E-state index in [1.165, 1.54) is 13.8 Å². The van der Waals surface area contributed by atoms with Crippen molar-refractivity contribution in [2.75, 3.05) is 6.61 Å². The summed E-state index contributed by atoms with van der Waals surface area (Å²) >= 11 is 0. The average Bonchev–Trinajstić information content (AvgIpc) is 2.41. The fourth-order valence-electron chi connectivity index (χ4n) is 1.48. The van der Waals surface area contributed by atoms with Gasteiger partial charge in [0.25, 0.3) is 0 Å². The Hall–Kier alpha value is -1.67. The number of hydrogen-bond donors (Lipinski definition) is 5. The Bertz CT molecular complexity index is 397. The zero-order valence-electron chi connectivity index (χ0n) is 12.8. The van der Waals surface area contributed by atoms with Crippen LogP contribution in [0.4, 0.5) is 0 Å². The smallest absolute Gasteiger partial charge is 0.328 e. The topological polar surface area (TPSA) is 142 Å². The molecule has 2 amide bonds. The van der Waals surface area contributed by atoms with Crippen LogP contribution in [0.15, 0.2) is 0 Å². The molecule has 6 N–H and O–H groups in total. The van der Waals surface area contributed by atoms with Gasteiger partial charge in [-0.15, -0.1) is 0 Å². The first-order chi connectivity index (χ1) is 9.56. The number of carbonyl (C=O) groups excluding carboxylic acids is 2. The number of carboxylic acids is 1. The van der Waals surface area contributed by atoms with Gasteiger partial charge >= 0.3 is 5.97 Å². The largest absolute Gasteiger partial charge is 0.480 e. The van der Waals surface area contributed by atoms with Crippen molar-refractivity contribution in [2.24, 2.45) is 11.7 Å². The number of aliphatic hydroxyl groups is 1. The summed E-state index contributed by atoms with van der Waals surface area (Å²) in [4.78, 5) is 35.0. The van der Waals surface area contributed by atoms with Crippen molar-refractivity contribution in [3.05, 3.63) is 0 Å². The molecule has 0 aromatic carbocycles. The summed E-state index contributed by atoms with van der Waals surface area (Å²) in [5.41, 5.74) is 3.94. The third-order valence-corrected chi connectivity index (χ3v) is 3.30. The quantitative estimate of drug-likeness (QED) is 0.382. The molecule has 0 unspecified atom stereocenters. The molecule has 21 heavy (non-hydrogen) atoms. The molecular formula is C13H25N3O5. The lowest BCUT2D eigenvalue weighted by atomic mass is 9.96. The third kappa shape index (κ3) is 5.68. The summed E-state index contributed by atoms with van der Waals surface area (Å²) in [7, 11) is 0. The van der Waals surface area contributed by atoms with E-state index in [9.17, 15) is 14.4 Å². The number of aliphatic hydroxyl groups excluding tert-OH is 1. The van der Waals surface area contributed by atoms with Crippen LogP contribution in [0.1, 0.15) is 34.1 Å². The fourth-order valence-corrected chi connectivity index (χ4v) is 1.48. The number of carbonyl (C=O) groups is 3. The van der Waals surface area contributed by atoms with E-state index in [-0.39, 0.29) is 5.92 Å². The summed E-state index contributed by atoms with van der Waals surface area (Å²) in [6, 6.07) is -2.05. The van der Waals surface area contributed by atoms with Crippen LogP contribution in [0.25, 0.3) is 0 Å². The summed E-state index contributed by atoms with van der Waals surface area (Å²) in [6.07, 6.45) is 0.597.